The molecule has 0 bridgehead atoms. The number of benzene rings is 2. The van der Waals surface area contributed by atoms with Crippen LogP contribution in [0.5, 0.6) is 23.0 Å². The summed E-state index contributed by atoms with van der Waals surface area (Å²) in [5.74, 6) is 3.32. The van der Waals surface area contributed by atoms with Crippen molar-refractivity contribution in [1.82, 2.24) is 10.6 Å². The van der Waals surface area contributed by atoms with Crippen LogP contribution in [0.3, 0.4) is 0 Å². The van der Waals surface area contributed by atoms with Crippen LogP contribution < -0.4 is 29.6 Å². The molecule has 0 unspecified atom stereocenters. The minimum absolute atomic E-state index is 0.541. The van der Waals surface area contributed by atoms with Gasteiger partial charge in [-0.15, -0.1) is 0 Å². The second-order valence-electron chi connectivity index (χ2n) is 6.66. The molecule has 0 atom stereocenters. The fraction of sp³-hybridized carbons (Fsp3) is 0.435. The second kappa shape index (κ2) is 13.2. The molecule has 0 aliphatic heterocycles. The number of rotatable bonds is 12. The van der Waals surface area contributed by atoms with Gasteiger partial charge in [0.15, 0.2) is 17.5 Å². The third kappa shape index (κ3) is 7.57. The molecule has 2 aromatic rings. The Morgan fingerprint density at radius 2 is 1.52 bits per heavy atom. The highest BCUT2D eigenvalue weighted by Gasteiger charge is 2.13. The molecule has 2 aromatic carbocycles. The number of ether oxygens (including phenoxy) is 5. The Hall–Kier alpha value is -3.13. The van der Waals surface area contributed by atoms with Crippen LogP contribution in [0.15, 0.2) is 41.4 Å². The molecule has 170 valence electrons. The van der Waals surface area contributed by atoms with Crippen molar-refractivity contribution >= 4 is 5.96 Å². The Labute approximate surface area is 184 Å². The van der Waals surface area contributed by atoms with Gasteiger partial charge in [0.25, 0.3) is 0 Å². The van der Waals surface area contributed by atoms with Crippen LogP contribution >= 0.6 is 0 Å². The summed E-state index contributed by atoms with van der Waals surface area (Å²) in [6, 6.07) is 11.8. The summed E-state index contributed by atoms with van der Waals surface area (Å²) in [7, 11) is 8.22. The van der Waals surface area contributed by atoms with E-state index in [1.165, 1.54) is 0 Å². The zero-order chi connectivity index (χ0) is 22.5. The Balaban J connectivity index is 1.92. The molecule has 8 nitrogen and oxygen atoms in total. The van der Waals surface area contributed by atoms with E-state index in [4.69, 9.17) is 23.7 Å². The van der Waals surface area contributed by atoms with Gasteiger partial charge in [0.05, 0.1) is 27.9 Å². The minimum Gasteiger partial charge on any atom is -0.493 e. The summed E-state index contributed by atoms with van der Waals surface area (Å²) in [5, 5.41) is 6.62. The van der Waals surface area contributed by atoms with Crippen LogP contribution in [-0.2, 0) is 17.8 Å². The fourth-order valence-corrected chi connectivity index (χ4v) is 2.97. The number of methoxy groups -OCH3 is 4. The van der Waals surface area contributed by atoms with Gasteiger partial charge in [-0.1, -0.05) is 12.1 Å². The highest BCUT2D eigenvalue weighted by atomic mass is 16.5. The van der Waals surface area contributed by atoms with Crippen molar-refractivity contribution in [2.24, 2.45) is 4.99 Å². The van der Waals surface area contributed by atoms with E-state index in [-0.39, 0.29) is 0 Å². The maximum absolute atomic E-state index is 5.76. The fourth-order valence-electron chi connectivity index (χ4n) is 2.97. The van der Waals surface area contributed by atoms with Gasteiger partial charge in [0.2, 0.25) is 5.75 Å². The zero-order valence-electron chi connectivity index (χ0n) is 19.0. The Morgan fingerprint density at radius 1 is 0.839 bits per heavy atom. The SMILES string of the molecule is CN=C(NCc1cccc(OCCCOC)c1)NCc1cc(OC)c(OC)c(OC)c1. The molecule has 0 saturated carbocycles. The second-order valence-corrected chi connectivity index (χ2v) is 6.66. The first-order valence-electron chi connectivity index (χ1n) is 10.1. The van der Waals surface area contributed by atoms with E-state index in [2.05, 4.69) is 15.6 Å². The maximum Gasteiger partial charge on any atom is 0.203 e. The molecule has 0 fully saturated rings. The van der Waals surface area contributed by atoms with Crippen molar-refractivity contribution in [3.05, 3.63) is 47.5 Å². The summed E-state index contributed by atoms with van der Waals surface area (Å²) in [5.41, 5.74) is 2.07. The van der Waals surface area contributed by atoms with Crippen molar-refractivity contribution in [1.29, 1.82) is 0 Å². The lowest BCUT2D eigenvalue weighted by Gasteiger charge is -2.16. The highest BCUT2D eigenvalue weighted by molar-refractivity contribution is 5.79. The van der Waals surface area contributed by atoms with Gasteiger partial charge in [-0.25, -0.2) is 0 Å². The van der Waals surface area contributed by atoms with E-state index in [9.17, 15) is 0 Å². The molecule has 2 rings (SSSR count). The molecule has 0 aliphatic rings. The lowest BCUT2D eigenvalue weighted by Crippen LogP contribution is -2.36. The first kappa shape index (κ1) is 24.1. The normalized spacial score (nSPS) is 11.1. The molecule has 0 heterocycles. The molecule has 0 spiro atoms. The van der Waals surface area contributed by atoms with Crippen molar-refractivity contribution in [3.63, 3.8) is 0 Å². The molecule has 0 saturated heterocycles. The molecule has 0 aliphatic carbocycles. The number of guanidine groups is 1. The van der Waals surface area contributed by atoms with Gasteiger partial charge >= 0.3 is 0 Å². The Kier molecular flexibility index (Phi) is 10.3. The summed E-state index contributed by atoms with van der Waals surface area (Å²) in [6.45, 7) is 2.47. The molecule has 31 heavy (non-hydrogen) atoms. The van der Waals surface area contributed by atoms with E-state index in [0.717, 1.165) is 23.3 Å². The van der Waals surface area contributed by atoms with Crippen LogP contribution in [0, 0.1) is 0 Å². The Morgan fingerprint density at radius 3 is 2.10 bits per heavy atom. The van der Waals surface area contributed by atoms with Gasteiger partial charge in [0, 0.05) is 40.3 Å². The lowest BCUT2D eigenvalue weighted by atomic mass is 10.2. The van der Waals surface area contributed by atoms with E-state index < -0.39 is 0 Å². The van der Waals surface area contributed by atoms with Crippen molar-refractivity contribution in [2.75, 3.05) is 48.7 Å². The average Bonchev–Trinajstić information content (AvgIpc) is 2.81. The molecule has 2 N–H and O–H groups in total. The number of nitrogens with one attached hydrogen (secondary N) is 2. The first-order chi connectivity index (χ1) is 15.1. The quantitative estimate of drug-likeness (QED) is 0.304. The van der Waals surface area contributed by atoms with Crippen LogP contribution in [0.2, 0.25) is 0 Å². The van der Waals surface area contributed by atoms with Gasteiger partial charge < -0.3 is 34.3 Å². The average molecular weight is 432 g/mol. The monoisotopic (exact) mass is 431 g/mol. The van der Waals surface area contributed by atoms with Gasteiger partial charge in [0.1, 0.15) is 5.75 Å². The lowest BCUT2D eigenvalue weighted by molar-refractivity contribution is 0.172. The Bertz CT molecular complexity index is 817. The number of hydrogen-bond acceptors (Lipinski definition) is 6. The van der Waals surface area contributed by atoms with Crippen molar-refractivity contribution < 1.29 is 23.7 Å². The van der Waals surface area contributed by atoms with E-state index in [1.54, 1.807) is 35.5 Å². The number of nitrogens with zero attached hydrogens (tertiary/aromatic N) is 1. The standard InChI is InChI=1S/C23H33N3O5/c1-24-23(25-15-17-8-6-9-19(12-17)31-11-7-10-27-2)26-16-18-13-20(28-3)22(30-5)21(14-18)29-4/h6,8-9,12-14H,7,10-11,15-16H2,1-5H3,(H2,24,25,26). The van der Waals surface area contributed by atoms with E-state index in [0.29, 0.717) is 49.5 Å². The molecular formula is C23H33N3O5. The molecule has 0 aromatic heterocycles. The van der Waals surface area contributed by atoms with Gasteiger partial charge in [-0.05, 0) is 35.4 Å². The first-order valence-corrected chi connectivity index (χ1v) is 10.1. The predicted octanol–water partition coefficient (Wildman–Crippen LogP) is 2.99. The third-order valence-corrected chi connectivity index (χ3v) is 4.53. The summed E-state index contributed by atoms with van der Waals surface area (Å²) < 4.78 is 27.0. The van der Waals surface area contributed by atoms with Crippen molar-refractivity contribution in [3.8, 4) is 23.0 Å². The minimum atomic E-state index is 0.541. The summed E-state index contributed by atoms with van der Waals surface area (Å²) in [4.78, 5) is 4.29. The number of hydrogen-bond donors (Lipinski definition) is 2. The highest BCUT2D eigenvalue weighted by Crippen LogP contribution is 2.38. The summed E-state index contributed by atoms with van der Waals surface area (Å²) in [6.07, 6.45) is 0.858. The van der Waals surface area contributed by atoms with Crippen molar-refractivity contribution in [2.45, 2.75) is 19.5 Å². The summed E-state index contributed by atoms with van der Waals surface area (Å²) >= 11 is 0. The maximum atomic E-state index is 5.76. The molecule has 8 heteroatoms. The predicted molar refractivity (Wildman–Crippen MR) is 122 cm³/mol. The zero-order valence-corrected chi connectivity index (χ0v) is 19.0. The number of aliphatic imine (C=N–C) groups is 1. The van der Waals surface area contributed by atoms with Crippen LogP contribution in [0.1, 0.15) is 17.5 Å². The van der Waals surface area contributed by atoms with Gasteiger partial charge in [-0.3, -0.25) is 4.99 Å². The smallest absolute Gasteiger partial charge is 0.203 e. The van der Waals surface area contributed by atoms with Crippen LogP contribution in [-0.4, -0.2) is 54.7 Å². The largest absolute Gasteiger partial charge is 0.493 e. The van der Waals surface area contributed by atoms with Crippen LogP contribution in [0.25, 0.3) is 0 Å². The van der Waals surface area contributed by atoms with Gasteiger partial charge in [-0.2, -0.15) is 0 Å². The van der Waals surface area contributed by atoms with E-state index in [1.807, 2.05) is 36.4 Å². The molecule has 0 amide bonds. The molecule has 0 radical (unpaired) electrons. The third-order valence-electron chi connectivity index (χ3n) is 4.53. The van der Waals surface area contributed by atoms with Crippen LogP contribution in [0.4, 0.5) is 0 Å². The molecular weight excluding hydrogens is 398 g/mol. The van der Waals surface area contributed by atoms with E-state index >= 15 is 0 Å². The topological polar surface area (TPSA) is 82.6 Å².